The summed E-state index contributed by atoms with van der Waals surface area (Å²) in [6.07, 6.45) is 6.12. The second-order valence-electron chi connectivity index (χ2n) is 4.65. The third-order valence-electron chi connectivity index (χ3n) is 3.34. The van der Waals surface area contributed by atoms with Crippen LogP contribution in [0.15, 0.2) is 30.5 Å². The summed E-state index contributed by atoms with van der Waals surface area (Å²) in [7, 11) is 0. The number of carboxylic acid groups (broad SMARTS) is 1. The smallest absolute Gasteiger partial charge is 0.307 e. The van der Waals surface area contributed by atoms with Crippen molar-refractivity contribution in [1.82, 2.24) is 4.98 Å². The summed E-state index contributed by atoms with van der Waals surface area (Å²) < 4.78 is 0. The minimum atomic E-state index is -0.928. The first-order valence-corrected chi connectivity index (χ1v) is 6.20. The van der Waals surface area contributed by atoms with Crippen molar-refractivity contribution in [2.45, 2.75) is 19.8 Å². The molecule has 0 fully saturated rings. The van der Waals surface area contributed by atoms with Crippen LogP contribution in [0.1, 0.15) is 18.4 Å². The first kappa shape index (κ1) is 13.3. The topological polar surface area (TPSA) is 79.3 Å². The van der Waals surface area contributed by atoms with Crippen LogP contribution in [0.25, 0.3) is 0 Å². The average molecular weight is 260 g/mol. The standard InChI is InChI=1S/C14H16N2O3/c1-9-5-4-8-15-12(9)16-13(17)10-6-2-3-7-11(10)14(18)19/h2-5,8,10-11H,6-7H2,1H3,(H,18,19)(H,15,16,17)/t10-,11+/m1/s1. The maximum absolute atomic E-state index is 12.2. The number of nitrogens with one attached hydrogen (secondary N) is 1. The van der Waals surface area contributed by atoms with Crippen LogP contribution in [0, 0.1) is 18.8 Å². The maximum Gasteiger partial charge on any atom is 0.307 e. The number of carbonyl (C=O) groups is 2. The average Bonchev–Trinajstić information content (AvgIpc) is 2.41. The number of amides is 1. The fourth-order valence-electron chi connectivity index (χ4n) is 2.20. The number of rotatable bonds is 3. The van der Waals surface area contributed by atoms with Gasteiger partial charge in [-0.2, -0.15) is 0 Å². The molecule has 1 aliphatic carbocycles. The third-order valence-corrected chi connectivity index (χ3v) is 3.34. The number of aliphatic carboxylic acids is 1. The van der Waals surface area contributed by atoms with Gasteiger partial charge in [0.1, 0.15) is 5.82 Å². The largest absolute Gasteiger partial charge is 0.481 e. The molecule has 2 atom stereocenters. The van der Waals surface area contributed by atoms with E-state index in [1.54, 1.807) is 12.3 Å². The summed E-state index contributed by atoms with van der Waals surface area (Å²) in [4.78, 5) is 27.4. The van der Waals surface area contributed by atoms with Crippen molar-refractivity contribution in [2.75, 3.05) is 5.32 Å². The number of aryl methyl sites for hydroxylation is 1. The van der Waals surface area contributed by atoms with E-state index in [2.05, 4.69) is 10.3 Å². The van der Waals surface area contributed by atoms with Gasteiger partial charge in [0.25, 0.3) is 0 Å². The van der Waals surface area contributed by atoms with E-state index in [-0.39, 0.29) is 5.91 Å². The number of carbonyl (C=O) groups excluding carboxylic acids is 1. The normalized spacial score (nSPS) is 21.9. The number of hydrogen-bond donors (Lipinski definition) is 2. The Balaban J connectivity index is 2.13. The Bertz CT molecular complexity index is 525. The molecule has 5 nitrogen and oxygen atoms in total. The molecule has 0 aromatic carbocycles. The van der Waals surface area contributed by atoms with Crippen LogP contribution < -0.4 is 5.32 Å². The van der Waals surface area contributed by atoms with E-state index in [1.807, 2.05) is 25.1 Å². The number of carboxylic acids is 1. The van der Waals surface area contributed by atoms with E-state index in [9.17, 15) is 9.59 Å². The molecular formula is C14H16N2O3. The molecule has 0 bridgehead atoms. The van der Waals surface area contributed by atoms with Gasteiger partial charge in [0.2, 0.25) is 5.91 Å². The minimum absolute atomic E-state index is 0.279. The molecule has 2 rings (SSSR count). The highest BCUT2D eigenvalue weighted by atomic mass is 16.4. The molecule has 5 heteroatoms. The zero-order valence-electron chi connectivity index (χ0n) is 10.7. The van der Waals surface area contributed by atoms with Gasteiger partial charge in [-0.1, -0.05) is 18.2 Å². The van der Waals surface area contributed by atoms with E-state index < -0.39 is 17.8 Å². The minimum Gasteiger partial charge on any atom is -0.481 e. The number of hydrogen-bond acceptors (Lipinski definition) is 3. The Kier molecular flexibility index (Phi) is 3.94. The predicted molar refractivity (Wildman–Crippen MR) is 70.6 cm³/mol. The van der Waals surface area contributed by atoms with Crippen molar-refractivity contribution < 1.29 is 14.7 Å². The predicted octanol–water partition coefficient (Wildman–Crippen LogP) is 2.00. The zero-order valence-corrected chi connectivity index (χ0v) is 10.7. The number of aromatic nitrogens is 1. The lowest BCUT2D eigenvalue weighted by atomic mass is 9.82. The van der Waals surface area contributed by atoms with Crippen LogP contribution in [0.4, 0.5) is 5.82 Å². The second kappa shape index (κ2) is 5.65. The summed E-state index contributed by atoms with van der Waals surface area (Å²) in [5, 5.41) is 11.9. The Morgan fingerprint density at radius 3 is 2.63 bits per heavy atom. The van der Waals surface area contributed by atoms with Gasteiger partial charge in [-0.15, -0.1) is 0 Å². The van der Waals surface area contributed by atoms with E-state index in [1.165, 1.54) is 0 Å². The molecule has 100 valence electrons. The number of anilines is 1. The molecule has 19 heavy (non-hydrogen) atoms. The van der Waals surface area contributed by atoms with Gasteiger partial charge in [0.05, 0.1) is 11.8 Å². The Hall–Kier alpha value is -2.17. The number of allylic oxidation sites excluding steroid dienone is 2. The maximum atomic E-state index is 12.2. The van der Waals surface area contributed by atoms with Gasteiger partial charge < -0.3 is 10.4 Å². The molecule has 1 aliphatic rings. The molecule has 1 heterocycles. The Labute approximate surface area is 111 Å². The summed E-state index contributed by atoms with van der Waals surface area (Å²) in [6.45, 7) is 1.85. The Morgan fingerprint density at radius 1 is 1.32 bits per heavy atom. The molecule has 0 unspecified atom stereocenters. The molecule has 0 radical (unpaired) electrons. The molecule has 0 aliphatic heterocycles. The SMILES string of the molecule is Cc1cccnc1NC(=O)[C@@H]1CC=CC[C@@H]1C(=O)O. The van der Waals surface area contributed by atoms with E-state index >= 15 is 0 Å². The number of pyridine rings is 1. The number of nitrogens with zero attached hydrogens (tertiary/aromatic N) is 1. The van der Waals surface area contributed by atoms with Crippen molar-refractivity contribution in [3.8, 4) is 0 Å². The lowest BCUT2D eigenvalue weighted by molar-refractivity contribution is -0.146. The van der Waals surface area contributed by atoms with Crippen molar-refractivity contribution in [3.05, 3.63) is 36.0 Å². The molecule has 2 N–H and O–H groups in total. The van der Waals surface area contributed by atoms with Crippen LogP contribution in [0.2, 0.25) is 0 Å². The quantitative estimate of drug-likeness (QED) is 0.815. The van der Waals surface area contributed by atoms with E-state index in [4.69, 9.17) is 5.11 Å². The summed E-state index contributed by atoms with van der Waals surface area (Å²) in [5.41, 5.74) is 0.856. The van der Waals surface area contributed by atoms with E-state index in [0.29, 0.717) is 18.7 Å². The zero-order chi connectivity index (χ0) is 13.8. The highest BCUT2D eigenvalue weighted by molar-refractivity contribution is 5.95. The summed E-state index contributed by atoms with van der Waals surface area (Å²) in [6, 6.07) is 3.63. The first-order chi connectivity index (χ1) is 9.09. The van der Waals surface area contributed by atoms with Gasteiger partial charge in [-0.25, -0.2) is 4.98 Å². The first-order valence-electron chi connectivity index (χ1n) is 6.20. The highest BCUT2D eigenvalue weighted by Crippen LogP contribution is 2.27. The van der Waals surface area contributed by atoms with Crippen LogP contribution in [0.3, 0.4) is 0 Å². The highest BCUT2D eigenvalue weighted by Gasteiger charge is 2.34. The van der Waals surface area contributed by atoms with Gasteiger partial charge in [-0.05, 0) is 31.4 Å². The molecule has 1 amide bonds. The van der Waals surface area contributed by atoms with Gasteiger partial charge in [-0.3, -0.25) is 9.59 Å². The van der Waals surface area contributed by atoms with Crippen LogP contribution >= 0.6 is 0 Å². The monoisotopic (exact) mass is 260 g/mol. The fourth-order valence-corrected chi connectivity index (χ4v) is 2.20. The molecule has 1 aromatic rings. The van der Waals surface area contributed by atoms with Gasteiger partial charge in [0.15, 0.2) is 0 Å². The third kappa shape index (κ3) is 2.99. The summed E-state index contributed by atoms with van der Waals surface area (Å²) in [5.74, 6) is -1.91. The molecule has 0 spiro atoms. The van der Waals surface area contributed by atoms with Crippen molar-refractivity contribution in [2.24, 2.45) is 11.8 Å². The second-order valence-corrected chi connectivity index (χ2v) is 4.65. The van der Waals surface area contributed by atoms with Crippen LogP contribution in [0.5, 0.6) is 0 Å². The van der Waals surface area contributed by atoms with Crippen molar-refractivity contribution in [3.63, 3.8) is 0 Å². The lowest BCUT2D eigenvalue weighted by Gasteiger charge is -2.24. The van der Waals surface area contributed by atoms with Gasteiger partial charge >= 0.3 is 5.97 Å². The van der Waals surface area contributed by atoms with Crippen molar-refractivity contribution >= 4 is 17.7 Å². The lowest BCUT2D eigenvalue weighted by Crippen LogP contribution is -2.35. The van der Waals surface area contributed by atoms with Crippen molar-refractivity contribution in [1.29, 1.82) is 0 Å². The molecule has 0 saturated carbocycles. The molecule has 0 saturated heterocycles. The fraction of sp³-hybridized carbons (Fsp3) is 0.357. The molecule has 1 aromatic heterocycles. The van der Waals surface area contributed by atoms with Crippen LogP contribution in [-0.2, 0) is 9.59 Å². The van der Waals surface area contributed by atoms with Gasteiger partial charge in [0, 0.05) is 6.20 Å². The Morgan fingerprint density at radius 2 is 2.00 bits per heavy atom. The van der Waals surface area contributed by atoms with Crippen LogP contribution in [-0.4, -0.2) is 22.0 Å². The molecular weight excluding hydrogens is 244 g/mol. The van der Waals surface area contributed by atoms with E-state index in [0.717, 1.165) is 5.56 Å². The summed E-state index contributed by atoms with van der Waals surface area (Å²) >= 11 is 0.